The highest BCUT2D eigenvalue weighted by atomic mass is 16.5. The van der Waals surface area contributed by atoms with Crippen molar-refractivity contribution < 1.29 is 9.84 Å². The molecule has 2 fully saturated rings. The molecule has 3 aliphatic rings. The third kappa shape index (κ3) is 1.95. The van der Waals surface area contributed by atoms with Crippen LogP contribution < -0.4 is 10.1 Å². The van der Waals surface area contributed by atoms with E-state index in [1.165, 1.54) is 37.7 Å². The van der Waals surface area contributed by atoms with E-state index in [1.54, 1.807) is 0 Å². The maximum absolute atomic E-state index is 9.63. The third-order valence-corrected chi connectivity index (χ3v) is 5.60. The van der Waals surface area contributed by atoms with E-state index in [4.69, 9.17) is 4.74 Å². The van der Waals surface area contributed by atoms with Gasteiger partial charge < -0.3 is 15.2 Å². The van der Waals surface area contributed by atoms with E-state index in [1.807, 2.05) is 12.1 Å². The number of rotatable bonds is 3. The second-order valence-electron chi connectivity index (χ2n) is 6.89. The van der Waals surface area contributed by atoms with Gasteiger partial charge in [-0.3, -0.25) is 0 Å². The lowest BCUT2D eigenvalue weighted by Crippen LogP contribution is -2.54. The highest BCUT2D eigenvalue weighted by molar-refractivity contribution is 5.38. The van der Waals surface area contributed by atoms with Crippen LogP contribution in [0.15, 0.2) is 24.3 Å². The van der Waals surface area contributed by atoms with Crippen molar-refractivity contribution >= 4 is 0 Å². The Morgan fingerprint density at radius 3 is 2.75 bits per heavy atom. The Balaban J connectivity index is 1.50. The van der Waals surface area contributed by atoms with Gasteiger partial charge >= 0.3 is 0 Å². The Hall–Kier alpha value is -1.06. The molecule has 2 N–H and O–H groups in total. The van der Waals surface area contributed by atoms with E-state index in [0.717, 1.165) is 5.75 Å². The van der Waals surface area contributed by atoms with Crippen LogP contribution in [0.5, 0.6) is 5.75 Å². The van der Waals surface area contributed by atoms with Crippen molar-refractivity contribution in [2.45, 2.75) is 44.2 Å². The number of nitrogens with one attached hydrogen (secondary N) is 1. The largest absolute Gasteiger partial charge is 0.493 e. The Bertz CT molecular complexity index is 490. The molecule has 1 aromatic carbocycles. The number of ether oxygens (including phenoxy) is 1. The second-order valence-corrected chi connectivity index (χ2v) is 6.89. The number of hydrogen-bond donors (Lipinski definition) is 2. The van der Waals surface area contributed by atoms with Crippen LogP contribution in [0, 0.1) is 11.3 Å². The molecule has 2 atom stereocenters. The van der Waals surface area contributed by atoms with Crippen molar-refractivity contribution in [1.29, 1.82) is 0 Å². The van der Waals surface area contributed by atoms with E-state index in [2.05, 4.69) is 17.4 Å². The zero-order chi connectivity index (χ0) is 13.6. The Morgan fingerprint density at radius 1 is 1.25 bits per heavy atom. The Labute approximate surface area is 120 Å². The van der Waals surface area contributed by atoms with E-state index in [9.17, 15) is 5.11 Å². The lowest BCUT2D eigenvalue weighted by Gasteiger charge is -2.55. The fourth-order valence-corrected chi connectivity index (χ4v) is 4.24. The van der Waals surface area contributed by atoms with Crippen LogP contribution in [0.3, 0.4) is 0 Å². The monoisotopic (exact) mass is 273 g/mol. The quantitative estimate of drug-likeness (QED) is 0.889. The molecule has 3 nitrogen and oxygen atoms in total. The van der Waals surface area contributed by atoms with Crippen molar-refractivity contribution in [3.05, 3.63) is 29.8 Å². The molecular formula is C17H23NO2. The molecule has 4 rings (SSSR count). The topological polar surface area (TPSA) is 41.5 Å². The number of para-hydroxylation sites is 1. The van der Waals surface area contributed by atoms with Crippen molar-refractivity contribution in [1.82, 2.24) is 5.32 Å². The lowest BCUT2D eigenvalue weighted by atomic mass is 9.54. The van der Waals surface area contributed by atoms with E-state index in [0.29, 0.717) is 18.1 Å². The zero-order valence-electron chi connectivity index (χ0n) is 11.8. The molecule has 0 amide bonds. The molecular weight excluding hydrogens is 250 g/mol. The average Bonchev–Trinajstić information content (AvgIpc) is 2.40. The smallest absolute Gasteiger partial charge is 0.124 e. The molecule has 2 aliphatic carbocycles. The molecule has 0 aromatic heterocycles. The first-order valence-corrected chi connectivity index (χ1v) is 7.88. The van der Waals surface area contributed by atoms with Crippen molar-refractivity contribution in [3.8, 4) is 5.75 Å². The molecule has 0 unspecified atom stereocenters. The van der Waals surface area contributed by atoms with Gasteiger partial charge in [-0.25, -0.2) is 0 Å². The maximum Gasteiger partial charge on any atom is 0.124 e. The predicted octanol–water partition coefficient (Wildman–Crippen LogP) is 2.65. The van der Waals surface area contributed by atoms with Gasteiger partial charge in [0.15, 0.2) is 0 Å². The van der Waals surface area contributed by atoms with Crippen molar-refractivity contribution in [2.24, 2.45) is 11.3 Å². The van der Waals surface area contributed by atoms with Crippen molar-refractivity contribution in [2.75, 3.05) is 13.2 Å². The van der Waals surface area contributed by atoms with Crippen LogP contribution in [0.1, 0.15) is 43.7 Å². The molecule has 1 spiro atoms. The van der Waals surface area contributed by atoms with Crippen LogP contribution in [-0.4, -0.2) is 24.4 Å². The lowest BCUT2D eigenvalue weighted by molar-refractivity contribution is -0.0148. The van der Waals surface area contributed by atoms with E-state index < -0.39 is 0 Å². The Morgan fingerprint density at radius 2 is 2.05 bits per heavy atom. The van der Waals surface area contributed by atoms with Crippen LogP contribution in [0.25, 0.3) is 0 Å². The summed E-state index contributed by atoms with van der Waals surface area (Å²) in [5.41, 5.74) is 1.91. The summed E-state index contributed by atoms with van der Waals surface area (Å²) in [4.78, 5) is 0. The molecule has 0 radical (unpaired) electrons. The van der Waals surface area contributed by atoms with Gasteiger partial charge in [0.2, 0.25) is 0 Å². The summed E-state index contributed by atoms with van der Waals surface area (Å²) in [6, 6.07) is 9.11. The molecule has 0 bridgehead atoms. The van der Waals surface area contributed by atoms with Gasteiger partial charge in [0.25, 0.3) is 0 Å². The normalized spacial score (nSPS) is 31.1. The number of benzene rings is 1. The van der Waals surface area contributed by atoms with Crippen LogP contribution in [-0.2, 0) is 0 Å². The fraction of sp³-hybridized carbons (Fsp3) is 0.647. The first kappa shape index (κ1) is 12.7. The third-order valence-electron chi connectivity index (χ3n) is 5.60. The molecule has 108 valence electrons. The molecule has 1 aliphatic heterocycles. The van der Waals surface area contributed by atoms with E-state index in [-0.39, 0.29) is 18.6 Å². The SMILES string of the molecule is OC[C@@H]1COc2ccccc2[C@@H]1NC1CC2(CCC2)C1. The number of aliphatic hydroxyl groups is 1. The van der Waals surface area contributed by atoms with Gasteiger partial charge in [0.1, 0.15) is 5.75 Å². The average molecular weight is 273 g/mol. The summed E-state index contributed by atoms with van der Waals surface area (Å²) in [6.45, 7) is 0.799. The van der Waals surface area contributed by atoms with Gasteiger partial charge in [0, 0.05) is 23.6 Å². The van der Waals surface area contributed by atoms with Gasteiger partial charge in [-0.2, -0.15) is 0 Å². The molecule has 1 aromatic rings. The van der Waals surface area contributed by atoms with Crippen LogP contribution in [0.4, 0.5) is 0 Å². The minimum Gasteiger partial charge on any atom is -0.493 e. The molecule has 2 saturated carbocycles. The minimum absolute atomic E-state index is 0.169. The second kappa shape index (κ2) is 4.74. The summed E-state index contributed by atoms with van der Waals surface area (Å²) in [6.07, 6.45) is 6.93. The van der Waals surface area contributed by atoms with Gasteiger partial charge in [-0.15, -0.1) is 0 Å². The summed E-state index contributed by atoms with van der Waals surface area (Å²) >= 11 is 0. The first-order chi connectivity index (χ1) is 9.80. The summed E-state index contributed by atoms with van der Waals surface area (Å²) in [5, 5.41) is 13.4. The molecule has 3 heteroatoms. The summed E-state index contributed by atoms with van der Waals surface area (Å²) < 4.78 is 5.76. The number of aliphatic hydroxyl groups excluding tert-OH is 1. The Kier molecular flexibility index (Phi) is 3.00. The molecule has 0 saturated heterocycles. The highest BCUT2D eigenvalue weighted by Gasteiger charge is 2.49. The first-order valence-electron chi connectivity index (χ1n) is 7.88. The predicted molar refractivity (Wildman–Crippen MR) is 77.7 cm³/mol. The minimum atomic E-state index is 0.169. The zero-order valence-corrected chi connectivity index (χ0v) is 11.8. The van der Waals surface area contributed by atoms with Gasteiger partial charge in [-0.1, -0.05) is 24.6 Å². The fourth-order valence-electron chi connectivity index (χ4n) is 4.24. The highest BCUT2D eigenvalue weighted by Crippen LogP contribution is 2.56. The summed E-state index contributed by atoms with van der Waals surface area (Å²) in [5.74, 6) is 1.15. The standard InChI is InChI=1S/C17H23NO2/c19-10-12-11-20-15-5-2-1-4-14(15)16(12)18-13-8-17(9-13)6-3-7-17/h1-2,4-5,12-13,16,18-19H,3,6-11H2/t12-,16-/m1/s1. The summed E-state index contributed by atoms with van der Waals surface area (Å²) in [7, 11) is 0. The van der Waals surface area contributed by atoms with E-state index >= 15 is 0 Å². The van der Waals surface area contributed by atoms with Crippen LogP contribution >= 0.6 is 0 Å². The number of hydrogen-bond acceptors (Lipinski definition) is 3. The molecule has 20 heavy (non-hydrogen) atoms. The van der Waals surface area contributed by atoms with Crippen LogP contribution in [0.2, 0.25) is 0 Å². The van der Waals surface area contributed by atoms with Crippen molar-refractivity contribution in [3.63, 3.8) is 0 Å². The molecule has 1 heterocycles. The number of fused-ring (bicyclic) bond motifs is 1. The van der Waals surface area contributed by atoms with Gasteiger partial charge in [0.05, 0.1) is 13.2 Å². The maximum atomic E-state index is 9.63. The van der Waals surface area contributed by atoms with Gasteiger partial charge in [-0.05, 0) is 37.2 Å².